The van der Waals surface area contributed by atoms with Crippen molar-refractivity contribution in [3.8, 4) is 11.5 Å². The van der Waals surface area contributed by atoms with Crippen LogP contribution < -0.4 is 9.47 Å². The van der Waals surface area contributed by atoms with Gasteiger partial charge < -0.3 is 19.3 Å². The Bertz CT molecular complexity index is 812. The molecule has 1 aromatic carbocycles. The molecule has 0 fully saturated rings. The number of carbonyl (C=O) groups excluding carboxylic acids is 1. The normalized spacial score (nSPS) is 13.7. The lowest BCUT2D eigenvalue weighted by atomic mass is 10.1. The van der Waals surface area contributed by atoms with Gasteiger partial charge in [-0.1, -0.05) is 6.07 Å². The predicted molar refractivity (Wildman–Crippen MR) is 104 cm³/mol. The van der Waals surface area contributed by atoms with E-state index in [0.717, 1.165) is 18.5 Å². The molecule has 28 heavy (non-hydrogen) atoms. The fourth-order valence-electron chi connectivity index (χ4n) is 3.30. The smallest absolute Gasteiger partial charge is 0.387 e. The second kappa shape index (κ2) is 9.34. The summed E-state index contributed by atoms with van der Waals surface area (Å²) in [6.45, 7) is -0.348. The molecule has 152 valence electrons. The molecule has 0 atom stereocenters. The molecule has 1 aliphatic rings. The Balaban J connectivity index is 1.51. The van der Waals surface area contributed by atoms with Gasteiger partial charge in [-0.05, 0) is 48.2 Å². The van der Waals surface area contributed by atoms with Crippen molar-refractivity contribution < 1.29 is 23.0 Å². The van der Waals surface area contributed by atoms with Crippen molar-refractivity contribution in [1.29, 1.82) is 0 Å². The van der Waals surface area contributed by atoms with E-state index in [9.17, 15) is 13.6 Å². The van der Waals surface area contributed by atoms with Gasteiger partial charge in [0.1, 0.15) is 0 Å². The molecule has 2 aromatic rings. The topological polar surface area (TPSA) is 42.0 Å². The van der Waals surface area contributed by atoms with Crippen molar-refractivity contribution in [3.05, 3.63) is 45.6 Å². The van der Waals surface area contributed by atoms with E-state index in [4.69, 9.17) is 4.74 Å². The van der Waals surface area contributed by atoms with E-state index in [1.54, 1.807) is 29.5 Å². The third kappa shape index (κ3) is 5.20. The first-order valence-corrected chi connectivity index (χ1v) is 9.97. The minimum absolute atomic E-state index is 0.0133. The largest absolute Gasteiger partial charge is 0.493 e. The Morgan fingerprint density at radius 1 is 1.32 bits per heavy atom. The van der Waals surface area contributed by atoms with Crippen LogP contribution in [0.1, 0.15) is 22.4 Å². The van der Waals surface area contributed by atoms with Gasteiger partial charge in [0.25, 0.3) is 0 Å². The molecular weight excluding hydrogens is 386 g/mol. The zero-order chi connectivity index (χ0) is 20.1. The number of carbonyl (C=O) groups is 1. The first-order valence-electron chi connectivity index (χ1n) is 9.09. The van der Waals surface area contributed by atoms with E-state index in [2.05, 4.69) is 16.2 Å². The maximum absolute atomic E-state index is 12.6. The summed E-state index contributed by atoms with van der Waals surface area (Å²) in [5.41, 5.74) is 2.06. The number of hydrogen-bond acceptors (Lipinski definition) is 5. The number of nitrogens with zero attached hydrogens (tertiary/aromatic N) is 2. The molecule has 2 heterocycles. The fourth-order valence-corrected chi connectivity index (χ4v) is 4.19. The summed E-state index contributed by atoms with van der Waals surface area (Å²) in [5, 5.41) is 2.08. The maximum atomic E-state index is 12.6. The molecule has 1 aromatic heterocycles. The summed E-state index contributed by atoms with van der Waals surface area (Å²) >= 11 is 1.75. The van der Waals surface area contributed by atoms with Crippen molar-refractivity contribution in [2.75, 3.05) is 27.2 Å². The van der Waals surface area contributed by atoms with E-state index in [-0.39, 0.29) is 17.4 Å². The molecule has 0 radical (unpaired) electrons. The molecule has 0 aliphatic carbocycles. The van der Waals surface area contributed by atoms with E-state index in [1.165, 1.54) is 17.6 Å². The summed E-state index contributed by atoms with van der Waals surface area (Å²) in [6, 6.07) is 7.05. The highest BCUT2D eigenvalue weighted by Crippen LogP contribution is 2.30. The highest BCUT2D eigenvalue weighted by Gasteiger charge is 2.21. The number of hydrogen-bond donors (Lipinski definition) is 0. The quantitative estimate of drug-likeness (QED) is 0.665. The summed E-state index contributed by atoms with van der Waals surface area (Å²) < 4.78 is 34.7. The molecule has 0 unspecified atom stereocenters. The van der Waals surface area contributed by atoms with Crippen LogP contribution in [0.25, 0.3) is 0 Å². The molecule has 0 saturated carbocycles. The molecular formula is C20H24F2N2O3S. The Kier molecular flexibility index (Phi) is 6.85. The third-order valence-corrected chi connectivity index (χ3v) is 5.79. The highest BCUT2D eigenvalue weighted by atomic mass is 32.1. The Labute approximate surface area is 167 Å². The number of ether oxygens (including phenoxy) is 2. The van der Waals surface area contributed by atoms with Crippen LogP contribution in [0, 0.1) is 0 Å². The average molecular weight is 410 g/mol. The maximum Gasteiger partial charge on any atom is 0.387 e. The van der Waals surface area contributed by atoms with E-state index in [0.29, 0.717) is 26.1 Å². The SMILES string of the molecule is COc1ccc(CN(C)CCC(=O)N2CCc3sccc3C2)cc1OC(F)F. The number of fused-ring (bicyclic) bond motifs is 1. The lowest BCUT2D eigenvalue weighted by Crippen LogP contribution is -2.37. The number of thiophene rings is 1. The van der Waals surface area contributed by atoms with Crippen molar-refractivity contribution >= 4 is 17.2 Å². The second-order valence-electron chi connectivity index (χ2n) is 6.79. The zero-order valence-electron chi connectivity index (χ0n) is 16.0. The van der Waals surface area contributed by atoms with Crippen molar-refractivity contribution in [3.63, 3.8) is 0 Å². The van der Waals surface area contributed by atoms with Crippen molar-refractivity contribution in [1.82, 2.24) is 9.80 Å². The minimum atomic E-state index is -2.91. The third-order valence-electron chi connectivity index (χ3n) is 4.76. The number of benzene rings is 1. The average Bonchev–Trinajstić information content (AvgIpc) is 3.13. The van der Waals surface area contributed by atoms with Crippen LogP contribution in [0.2, 0.25) is 0 Å². The summed E-state index contributed by atoms with van der Waals surface area (Å²) in [4.78, 5) is 17.8. The molecule has 0 saturated heterocycles. The molecule has 3 rings (SSSR count). The standard InChI is InChI=1S/C20H24F2N2O3S/c1-23(12-14-3-4-16(26-2)17(11-14)27-20(21)22)8-6-19(25)24-9-5-18-15(13-24)7-10-28-18/h3-4,7,10-11,20H,5-6,8-9,12-13H2,1-2H3. The number of halogens is 2. The van der Waals surface area contributed by atoms with Crippen molar-refractivity contribution in [2.45, 2.75) is 32.5 Å². The zero-order valence-corrected chi connectivity index (χ0v) is 16.8. The lowest BCUT2D eigenvalue weighted by Gasteiger charge is -2.28. The number of rotatable bonds is 8. The summed E-state index contributed by atoms with van der Waals surface area (Å²) in [5.74, 6) is 0.416. The van der Waals surface area contributed by atoms with Crippen LogP contribution in [-0.2, 0) is 24.3 Å². The van der Waals surface area contributed by atoms with E-state index < -0.39 is 6.61 Å². The fraction of sp³-hybridized carbons (Fsp3) is 0.450. The van der Waals surface area contributed by atoms with Gasteiger partial charge in [-0.15, -0.1) is 11.3 Å². The Morgan fingerprint density at radius 2 is 2.14 bits per heavy atom. The molecule has 0 N–H and O–H groups in total. The van der Waals surface area contributed by atoms with E-state index in [1.807, 2.05) is 16.8 Å². The van der Waals surface area contributed by atoms with Crippen LogP contribution in [0.3, 0.4) is 0 Å². The van der Waals surface area contributed by atoms with Gasteiger partial charge in [-0.25, -0.2) is 0 Å². The van der Waals surface area contributed by atoms with Gasteiger partial charge >= 0.3 is 6.61 Å². The molecule has 8 heteroatoms. The lowest BCUT2D eigenvalue weighted by molar-refractivity contribution is -0.132. The van der Waals surface area contributed by atoms with Gasteiger partial charge in [0, 0.05) is 37.5 Å². The summed E-state index contributed by atoms with van der Waals surface area (Å²) in [6.07, 6.45) is 1.35. The Hall–Kier alpha value is -2.19. The van der Waals surface area contributed by atoms with Gasteiger partial charge in [0.2, 0.25) is 5.91 Å². The molecule has 0 spiro atoms. The Morgan fingerprint density at radius 3 is 2.89 bits per heavy atom. The molecule has 1 amide bonds. The first-order chi connectivity index (χ1) is 13.5. The number of alkyl halides is 2. The second-order valence-corrected chi connectivity index (χ2v) is 7.79. The first kappa shape index (κ1) is 20.5. The van der Waals surface area contributed by atoms with Gasteiger partial charge in [0.05, 0.1) is 7.11 Å². The van der Waals surface area contributed by atoms with E-state index >= 15 is 0 Å². The molecule has 0 bridgehead atoms. The van der Waals surface area contributed by atoms with Crippen LogP contribution >= 0.6 is 11.3 Å². The van der Waals surface area contributed by atoms with Gasteiger partial charge in [-0.3, -0.25) is 4.79 Å². The highest BCUT2D eigenvalue weighted by molar-refractivity contribution is 7.10. The monoisotopic (exact) mass is 410 g/mol. The van der Waals surface area contributed by atoms with Crippen LogP contribution in [0.15, 0.2) is 29.6 Å². The molecule has 5 nitrogen and oxygen atoms in total. The number of methoxy groups -OCH3 is 1. The number of amides is 1. The van der Waals surface area contributed by atoms with Crippen LogP contribution in [-0.4, -0.2) is 49.6 Å². The van der Waals surface area contributed by atoms with Crippen LogP contribution in [0.4, 0.5) is 8.78 Å². The predicted octanol–water partition coefficient (Wildman–Crippen LogP) is 3.76. The summed E-state index contributed by atoms with van der Waals surface area (Å²) in [7, 11) is 3.31. The molecule has 1 aliphatic heterocycles. The van der Waals surface area contributed by atoms with Gasteiger partial charge in [0.15, 0.2) is 11.5 Å². The van der Waals surface area contributed by atoms with Gasteiger partial charge in [-0.2, -0.15) is 8.78 Å². The minimum Gasteiger partial charge on any atom is -0.493 e. The van der Waals surface area contributed by atoms with Crippen LogP contribution in [0.5, 0.6) is 11.5 Å². The van der Waals surface area contributed by atoms with Crippen molar-refractivity contribution in [2.24, 2.45) is 0 Å².